The van der Waals surface area contributed by atoms with E-state index in [4.69, 9.17) is 11.6 Å². The summed E-state index contributed by atoms with van der Waals surface area (Å²) in [5, 5.41) is 3.03. The molecular formula is C24H23ClN2O4S. The normalized spacial score (nSPS) is 11.1. The fourth-order valence-corrected chi connectivity index (χ4v) is 4.78. The van der Waals surface area contributed by atoms with Gasteiger partial charge in [0.1, 0.15) is 6.54 Å². The number of anilines is 2. The molecule has 1 N–H and O–H groups in total. The van der Waals surface area contributed by atoms with Crippen molar-refractivity contribution in [1.82, 2.24) is 0 Å². The minimum absolute atomic E-state index is 0.0638. The Morgan fingerprint density at radius 3 is 2.31 bits per heavy atom. The molecule has 8 heteroatoms. The summed E-state index contributed by atoms with van der Waals surface area (Å²) in [7, 11) is -4.06. The summed E-state index contributed by atoms with van der Waals surface area (Å²) in [6.07, 6.45) is 0. The number of ketones is 1. The van der Waals surface area contributed by atoms with Gasteiger partial charge in [-0.15, -0.1) is 0 Å². The largest absolute Gasteiger partial charge is 0.324 e. The number of benzene rings is 3. The van der Waals surface area contributed by atoms with Crippen molar-refractivity contribution in [2.24, 2.45) is 0 Å². The lowest BCUT2D eigenvalue weighted by Gasteiger charge is -2.26. The number of nitrogens with zero attached hydrogens (tertiary/aromatic N) is 1. The molecule has 0 atom stereocenters. The molecule has 6 nitrogen and oxygen atoms in total. The second-order valence-electron chi connectivity index (χ2n) is 7.44. The van der Waals surface area contributed by atoms with Crippen LogP contribution in [0.1, 0.15) is 28.4 Å². The second-order valence-corrected chi connectivity index (χ2v) is 9.74. The molecule has 0 aromatic heterocycles. The van der Waals surface area contributed by atoms with Crippen molar-refractivity contribution in [3.63, 3.8) is 0 Å². The van der Waals surface area contributed by atoms with Gasteiger partial charge in [-0.1, -0.05) is 47.5 Å². The van der Waals surface area contributed by atoms with Gasteiger partial charge < -0.3 is 5.32 Å². The Kier molecular flexibility index (Phi) is 7.01. The monoisotopic (exact) mass is 470 g/mol. The fourth-order valence-electron chi connectivity index (χ4n) is 3.14. The molecule has 0 aliphatic rings. The number of rotatable bonds is 7. The molecule has 0 unspecified atom stereocenters. The lowest BCUT2D eigenvalue weighted by atomic mass is 10.1. The molecule has 0 spiro atoms. The maximum atomic E-state index is 13.5. The van der Waals surface area contributed by atoms with Crippen LogP contribution in [0.2, 0.25) is 5.02 Å². The van der Waals surface area contributed by atoms with E-state index in [0.29, 0.717) is 27.5 Å². The fraction of sp³-hybridized carbons (Fsp3) is 0.167. The van der Waals surface area contributed by atoms with Gasteiger partial charge >= 0.3 is 0 Å². The summed E-state index contributed by atoms with van der Waals surface area (Å²) in [4.78, 5) is 24.5. The topological polar surface area (TPSA) is 83.6 Å². The van der Waals surface area contributed by atoms with E-state index in [9.17, 15) is 18.0 Å². The van der Waals surface area contributed by atoms with Gasteiger partial charge in [0.05, 0.1) is 10.6 Å². The number of hydrogen-bond donors (Lipinski definition) is 1. The van der Waals surface area contributed by atoms with E-state index < -0.39 is 22.5 Å². The van der Waals surface area contributed by atoms with Crippen molar-refractivity contribution >= 4 is 44.7 Å². The number of carbonyl (C=O) groups is 2. The van der Waals surface area contributed by atoms with Crippen molar-refractivity contribution in [3.8, 4) is 0 Å². The van der Waals surface area contributed by atoms with Crippen molar-refractivity contribution in [2.75, 3.05) is 16.2 Å². The third-order valence-corrected chi connectivity index (χ3v) is 6.90. The predicted octanol–water partition coefficient (Wildman–Crippen LogP) is 4.99. The van der Waals surface area contributed by atoms with Crippen LogP contribution >= 0.6 is 11.6 Å². The first-order valence-corrected chi connectivity index (χ1v) is 11.7. The zero-order chi connectivity index (χ0) is 23.5. The first kappa shape index (κ1) is 23.5. The van der Waals surface area contributed by atoms with Crippen LogP contribution in [0.15, 0.2) is 71.6 Å². The second kappa shape index (κ2) is 9.54. The van der Waals surface area contributed by atoms with E-state index >= 15 is 0 Å². The van der Waals surface area contributed by atoms with Gasteiger partial charge in [-0.3, -0.25) is 13.9 Å². The number of halogens is 1. The predicted molar refractivity (Wildman–Crippen MR) is 127 cm³/mol. The van der Waals surface area contributed by atoms with Crippen LogP contribution in [-0.2, 0) is 14.8 Å². The van der Waals surface area contributed by atoms with Crippen molar-refractivity contribution in [2.45, 2.75) is 25.7 Å². The first-order valence-electron chi connectivity index (χ1n) is 9.84. The molecule has 166 valence electrons. The number of hydrogen-bond acceptors (Lipinski definition) is 4. The summed E-state index contributed by atoms with van der Waals surface area (Å²) in [6, 6.07) is 17.7. The zero-order valence-electron chi connectivity index (χ0n) is 17.9. The summed E-state index contributed by atoms with van der Waals surface area (Å²) >= 11 is 6.14. The number of sulfonamides is 1. The van der Waals surface area contributed by atoms with Crippen molar-refractivity contribution in [3.05, 3.63) is 88.4 Å². The maximum absolute atomic E-state index is 13.5. The Hall–Kier alpha value is -3.16. The summed E-state index contributed by atoms with van der Waals surface area (Å²) in [5.74, 6) is -0.694. The van der Waals surface area contributed by atoms with E-state index in [0.717, 1.165) is 9.87 Å². The van der Waals surface area contributed by atoms with E-state index in [1.54, 1.807) is 55.5 Å². The van der Waals surface area contributed by atoms with Crippen LogP contribution in [0.3, 0.4) is 0 Å². The number of aryl methyl sites for hydroxylation is 2. The Morgan fingerprint density at radius 1 is 0.969 bits per heavy atom. The number of carbonyl (C=O) groups excluding carboxylic acids is 2. The van der Waals surface area contributed by atoms with E-state index in [2.05, 4.69) is 5.32 Å². The Labute approximate surface area is 192 Å². The van der Waals surface area contributed by atoms with Gasteiger partial charge in [-0.05, 0) is 62.7 Å². The molecular weight excluding hydrogens is 448 g/mol. The smallest absolute Gasteiger partial charge is 0.264 e. The van der Waals surface area contributed by atoms with Gasteiger partial charge in [0.2, 0.25) is 5.91 Å². The highest BCUT2D eigenvalue weighted by molar-refractivity contribution is 7.92. The number of nitrogens with one attached hydrogen (secondary N) is 1. The number of amides is 1. The maximum Gasteiger partial charge on any atom is 0.264 e. The Balaban J connectivity index is 1.98. The highest BCUT2D eigenvalue weighted by Crippen LogP contribution is 2.29. The molecule has 1 amide bonds. The van der Waals surface area contributed by atoms with Crippen LogP contribution in [-0.4, -0.2) is 26.7 Å². The molecule has 3 rings (SSSR count). The number of Topliss-reactive ketones (excluding diaryl/α,β-unsaturated/α-hetero) is 1. The molecule has 32 heavy (non-hydrogen) atoms. The molecule has 0 saturated heterocycles. The highest BCUT2D eigenvalue weighted by Gasteiger charge is 2.28. The van der Waals surface area contributed by atoms with Crippen LogP contribution in [0.25, 0.3) is 0 Å². The van der Waals surface area contributed by atoms with Gasteiger partial charge in [0, 0.05) is 16.3 Å². The molecule has 0 heterocycles. The molecule has 0 aliphatic heterocycles. The van der Waals surface area contributed by atoms with Gasteiger partial charge in [0.15, 0.2) is 5.78 Å². The quantitative estimate of drug-likeness (QED) is 0.493. The minimum Gasteiger partial charge on any atom is -0.324 e. The zero-order valence-corrected chi connectivity index (χ0v) is 19.5. The van der Waals surface area contributed by atoms with E-state index in [1.165, 1.54) is 25.1 Å². The van der Waals surface area contributed by atoms with Crippen LogP contribution < -0.4 is 9.62 Å². The van der Waals surface area contributed by atoms with Gasteiger partial charge in [0.25, 0.3) is 10.0 Å². The Bertz CT molecular complexity index is 1270. The molecule has 0 fully saturated rings. The molecule has 0 aliphatic carbocycles. The van der Waals surface area contributed by atoms with Crippen LogP contribution in [0.5, 0.6) is 0 Å². The SMILES string of the molecule is CC(=O)c1cccc(NC(=O)CN(c2cc(Cl)ccc2C)S(=O)(=O)c2ccc(C)cc2)c1. The van der Waals surface area contributed by atoms with Crippen LogP contribution in [0, 0.1) is 13.8 Å². The third-order valence-electron chi connectivity index (χ3n) is 4.89. The average molecular weight is 471 g/mol. The lowest BCUT2D eigenvalue weighted by Crippen LogP contribution is -2.38. The first-order chi connectivity index (χ1) is 15.1. The average Bonchev–Trinajstić information content (AvgIpc) is 2.74. The summed E-state index contributed by atoms with van der Waals surface area (Å²) < 4.78 is 28.0. The molecule has 3 aromatic rings. The van der Waals surface area contributed by atoms with Crippen molar-refractivity contribution < 1.29 is 18.0 Å². The summed E-state index contributed by atoms with van der Waals surface area (Å²) in [5.41, 5.74) is 2.72. The minimum atomic E-state index is -4.06. The van der Waals surface area contributed by atoms with E-state index in [1.807, 2.05) is 6.92 Å². The van der Waals surface area contributed by atoms with Gasteiger partial charge in [-0.2, -0.15) is 0 Å². The molecule has 0 radical (unpaired) electrons. The molecule has 0 saturated carbocycles. The van der Waals surface area contributed by atoms with Crippen LogP contribution in [0.4, 0.5) is 11.4 Å². The third kappa shape index (κ3) is 5.36. The molecule has 0 bridgehead atoms. The van der Waals surface area contributed by atoms with Crippen molar-refractivity contribution in [1.29, 1.82) is 0 Å². The standard InChI is InChI=1S/C24H23ClN2O4S/c1-16-7-11-22(12-8-16)32(30,31)27(23-14-20(25)10-9-17(23)2)15-24(29)26-21-6-4-5-19(13-21)18(3)28/h4-14H,15H2,1-3H3,(H,26,29). The summed E-state index contributed by atoms with van der Waals surface area (Å²) in [6.45, 7) is 4.57. The highest BCUT2D eigenvalue weighted by atomic mass is 35.5. The Morgan fingerprint density at radius 2 is 1.66 bits per heavy atom. The van der Waals surface area contributed by atoms with Gasteiger partial charge in [-0.25, -0.2) is 8.42 Å². The molecule has 3 aromatic carbocycles. The van der Waals surface area contributed by atoms with E-state index in [-0.39, 0.29) is 10.7 Å². The lowest BCUT2D eigenvalue weighted by molar-refractivity contribution is -0.114.